The van der Waals surface area contributed by atoms with Crippen molar-refractivity contribution in [3.8, 4) is 0 Å². The predicted molar refractivity (Wildman–Crippen MR) is 112 cm³/mol. The van der Waals surface area contributed by atoms with Crippen molar-refractivity contribution < 1.29 is 9.53 Å². The summed E-state index contributed by atoms with van der Waals surface area (Å²) in [6.07, 6.45) is 16.1. The van der Waals surface area contributed by atoms with Gasteiger partial charge in [0.2, 0.25) is 0 Å². The second-order valence-electron chi connectivity index (χ2n) is 8.45. The van der Waals surface area contributed by atoms with Gasteiger partial charge in [-0.25, -0.2) is 4.79 Å². The van der Waals surface area contributed by atoms with Crippen molar-refractivity contribution >= 4 is 17.6 Å². The van der Waals surface area contributed by atoms with Crippen LogP contribution in [0.1, 0.15) is 81.0 Å². The summed E-state index contributed by atoms with van der Waals surface area (Å²) in [5.74, 6) is 2.46. The lowest BCUT2D eigenvalue weighted by molar-refractivity contribution is 0.0109. The summed E-state index contributed by atoms with van der Waals surface area (Å²) in [5.41, 5.74) is 0.594. The Morgan fingerprint density at radius 1 is 1.00 bits per heavy atom. The van der Waals surface area contributed by atoms with E-state index in [4.69, 9.17) is 16.3 Å². The molecule has 148 valence electrons. The van der Waals surface area contributed by atoms with Crippen molar-refractivity contribution in [3.05, 3.63) is 47.5 Å². The highest BCUT2D eigenvalue weighted by Gasteiger charge is 2.31. The molecule has 2 fully saturated rings. The van der Waals surface area contributed by atoms with Crippen molar-refractivity contribution in [1.29, 1.82) is 0 Å². The van der Waals surface area contributed by atoms with E-state index >= 15 is 0 Å². The predicted octanol–water partition coefficient (Wildman–Crippen LogP) is 7.22. The van der Waals surface area contributed by atoms with Crippen LogP contribution in [0.5, 0.6) is 0 Å². The minimum atomic E-state index is -0.213. The average molecular weight is 389 g/mol. The van der Waals surface area contributed by atoms with Crippen LogP contribution in [0.15, 0.2) is 36.9 Å². The number of hydrogen-bond acceptors (Lipinski definition) is 2. The number of allylic oxidation sites excluding steroid dienone is 1. The molecule has 0 aliphatic heterocycles. The normalized spacial score (nSPS) is 28.5. The van der Waals surface area contributed by atoms with Crippen molar-refractivity contribution in [1.82, 2.24) is 0 Å². The smallest absolute Gasteiger partial charge is 0.338 e. The van der Waals surface area contributed by atoms with E-state index in [1.54, 1.807) is 24.3 Å². The van der Waals surface area contributed by atoms with Gasteiger partial charge in [0.15, 0.2) is 0 Å². The Morgan fingerprint density at radius 2 is 1.59 bits per heavy atom. The molecule has 1 aromatic rings. The van der Waals surface area contributed by atoms with Crippen molar-refractivity contribution in [2.24, 2.45) is 17.8 Å². The first-order valence-electron chi connectivity index (χ1n) is 10.7. The zero-order chi connectivity index (χ0) is 19.1. The van der Waals surface area contributed by atoms with Crippen molar-refractivity contribution in [3.63, 3.8) is 0 Å². The SMILES string of the molecule is C=CCCC[C@H]1CC[C@H]([C@H]2CC[C@H](OC(=O)c3ccc(Cl)cc3)CC2)CC1. The zero-order valence-corrected chi connectivity index (χ0v) is 17.1. The molecule has 3 heteroatoms. The molecule has 0 atom stereocenters. The largest absolute Gasteiger partial charge is 0.459 e. The van der Waals surface area contributed by atoms with E-state index in [0.717, 1.165) is 30.6 Å². The Labute approximate surface area is 169 Å². The highest BCUT2D eigenvalue weighted by Crippen LogP contribution is 2.41. The molecule has 0 spiro atoms. The van der Waals surface area contributed by atoms with Crippen LogP contribution in [0.4, 0.5) is 0 Å². The number of benzene rings is 1. The third kappa shape index (κ3) is 6.10. The van der Waals surface area contributed by atoms with Crippen LogP contribution in [0.3, 0.4) is 0 Å². The Kier molecular flexibility index (Phi) is 7.81. The minimum absolute atomic E-state index is 0.0830. The molecule has 2 nitrogen and oxygen atoms in total. The van der Waals surface area contributed by atoms with E-state index in [-0.39, 0.29) is 12.1 Å². The van der Waals surface area contributed by atoms with Gasteiger partial charge in [-0.1, -0.05) is 36.9 Å². The van der Waals surface area contributed by atoms with Crippen LogP contribution in [0.2, 0.25) is 5.02 Å². The maximum Gasteiger partial charge on any atom is 0.338 e. The van der Waals surface area contributed by atoms with Crippen LogP contribution in [-0.4, -0.2) is 12.1 Å². The molecule has 27 heavy (non-hydrogen) atoms. The number of esters is 1. The standard InChI is InChI=1S/C24H33ClO2/c1-2-3-4-5-18-6-8-19(9-7-18)20-12-16-23(17-13-20)27-24(26)21-10-14-22(25)15-11-21/h2,10-11,14-15,18-20,23H,1,3-9,12-13,16-17H2/t18-,19-,20-,23-. The van der Waals surface area contributed by atoms with Crippen molar-refractivity contribution in [2.45, 2.75) is 76.7 Å². The molecule has 0 amide bonds. The number of hydrogen-bond donors (Lipinski definition) is 0. The Balaban J connectivity index is 1.37. The molecule has 0 saturated heterocycles. The number of unbranched alkanes of at least 4 members (excludes halogenated alkanes) is 1. The summed E-state index contributed by atoms with van der Waals surface area (Å²) in [5, 5.41) is 0.641. The summed E-state index contributed by atoms with van der Waals surface area (Å²) in [6, 6.07) is 6.96. The molecule has 0 aromatic heterocycles. The van der Waals surface area contributed by atoms with E-state index in [1.165, 1.54) is 57.8 Å². The molecule has 0 N–H and O–H groups in total. The maximum atomic E-state index is 12.3. The lowest BCUT2D eigenvalue weighted by Gasteiger charge is -2.37. The van der Waals surface area contributed by atoms with E-state index in [1.807, 2.05) is 6.08 Å². The van der Waals surface area contributed by atoms with Crippen LogP contribution in [0, 0.1) is 17.8 Å². The van der Waals surface area contributed by atoms with Crippen LogP contribution >= 0.6 is 11.6 Å². The van der Waals surface area contributed by atoms with E-state index in [0.29, 0.717) is 10.6 Å². The molecule has 2 saturated carbocycles. The molecular formula is C24H33ClO2. The summed E-state index contributed by atoms with van der Waals surface area (Å²) in [6.45, 7) is 3.82. The first-order chi connectivity index (χ1) is 13.2. The maximum absolute atomic E-state index is 12.3. The van der Waals surface area contributed by atoms with Gasteiger partial charge in [-0.2, -0.15) is 0 Å². The Bertz CT molecular complexity index is 593. The lowest BCUT2D eigenvalue weighted by atomic mass is 9.70. The van der Waals surface area contributed by atoms with Gasteiger partial charge in [0.25, 0.3) is 0 Å². The Morgan fingerprint density at radius 3 is 2.19 bits per heavy atom. The quantitative estimate of drug-likeness (QED) is 0.280. The monoisotopic (exact) mass is 388 g/mol. The summed E-state index contributed by atoms with van der Waals surface area (Å²) in [7, 11) is 0. The number of rotatable bonds is 7. The first-order valence-corrected chi connectivity index (χ1v) is 11.1. The van der Waals surface area contributed by atoms with E-state index < -0.39 is 0 Å². The highest BCUT2D eigenvalue weighted by atomic mass is 35.5. The number of halogens is 1. The van der Waals surface area contributed by atoms with Crippen molar-refractivity contribution in [2.75, 3.05) is 0 Å². The van der Waals surface area contributed by atoms with Gasteiger partial charge in [-0.15, -0.1) is 6.58 Å². The second kappa shape index (κ2) is 10.3. The number of carbonyl (C=O) groups excluding carboxylic acids is 1. The minimum Gasteiger partial charge on any atom is -0.459 e. The first kappa shape index (κ1) is 20.5. The van der Waals surface area contributed by atoms with Gasteiger partial charge >= 0.3 is 5.97 Å². The highest BCUT2D eigenvalue weighted by molar-refractivity contribution is 6.30. The summed E-state index contributed by atoms with van der Waals surface area (Å²) >= 11 is 5.88. The van der Waals surface area contributed by atoms with Gasteiger partial charge in [0.05, 0.1) is 5.56 Å². The summed E-state index contributed by atoms with van der Waals surface area (Å²) < 4.78 is 5.73. The van der Waals surface area contributed by atoms with Gasteiger partial charge in [-0.3, -0.25) is 0 Å². The van der Waals surface area contributed by atoms with Crippen LogP contribution in [-0.2, 0) is 4.74 Å². The topological polar surface area (TPSA) is 26.3 Å². The van der Waals surface area contributed by atoms with Gasteiger partial charge in [0, 0.05) is 5.02 Å². The molecular weight excluding hydrogens is 356 g/mol. The lowest BCUT2D eigenvalue weighted by Crippen LogP contribution is -2.29. The average Bonchev–Trinajstić information content (AvgIpc) is 2.70. The molecule has 2 aliphatic rings. The van der Waals surface area contributed by atoms with E-state index in [2.05, 4.69) is 6.58 Å². The van der Waals surface area contributed by atoms with E-state index in [9.17, 15) is 4.79 Å². The third-order valence-electron chi connectivity index (χ3n) is 6.65. The second-order valence-corrected chi connectivity index (χ2v) is 8.89. The molecule has 0 unspecified atom stereocenters. The molecule has 3 rings (SSSR count). The molecule has 0 bridgehead atoms. The fraction of sp³-hybridized carbons (Fsp3) is 0.625. The fourth-order valence-electron chi connectivity index (χ4n) is 4.98. The molecule has 0 heterocycles. The zero-order valence-electron chi connectivity index (χ0n) is 16.4. The Hall–Kier alpha value is -1.28. The van der Waals surface area contributed by atoms with Gasteiger partial charge < -0.3 is 4.74 Å². The summed E-state index contributed by atoms with van der Waals surface area (Å²) in [4.78, 5) is 12.3. The molecule has 1 aromatic carbocycles. The molecule has 0 radical (unpaired) electrons. The third-order valence-corrected chi connectivity index (χ3v) is 6.90. The number of carbonyl (C=O) groups is 1. The van der Waals surface area contributed by atoms with Gasteiger partial charge in [0.1, 0.15) is 6.10 Å². The molecule has 2 aliphatic carbocycles. The number of ether oxygens (including phenoxy) is 1. The van der Waals surface area contributed by atoms with Gasteiger partial charge in [-0.05, 0) is 93.4 Å². The van der Waals surface area contributed by atoms with Crippen LogP contribution in [0.25, 0.3) is 0 Å². The van der Waals surface area contributed by atoms with Crippen LogP contribution < -0.4 is 0 Å². The fourth-order valence-corrected chi connectivity index (χ4v) is 5.11.